The lowest BCUT2D eigenvalue weighted by molar-refractivity contribution is 0.491. The molecule has 1 saturated heterocycles. The molecule has 1 unspecified atom stereocenters. The Morgan fingerprint density at radius 2 is 2.24 bits per heavy atom. The third-order valence-corrected chi connectivity index (χ3v) is 3.95. The van der Waals surface area contributed by atoms with E-state index in [1.165, 1.54) is 12.8 Å². The Bertz CT molecular complexity index is 390. The number of hydrogen-bond donors (Lipinski definition) is 1. The first kappa shape index (κ1) is 12.7. The number of benzene rings is 1. The van der Waals surface area contributed by atoms with Gasteiger partial charge in [-0.25, -0.2) is 0 Å². The molecule has 1 aromatic rings. The molecule has 0 radical (unpaired) electrons. The molecule has 0 spiro atoms. The van der Waals surface area contributed by atoms with Gasteiger partial charge in [-0.15, -0.1) is 0 Å². The van der Waals surface area contributed by atoms with Crippen LogP contribution in [0.1, 0.15) is 32.3 Å². The molecule has 0 amide bonds. The van der Waals surface area contributed by atoms with Crippen LogP contribution in [0.3, 0.4) is 0 Å². The zero-order valence-corrected chi connectivity index (χ0v) is 11.4. The molecular weight excluding hydrogens is 232 g/mol. The van der Waals surface area contributed by atoms with Crippen LogP contribution >= 0.6 is 11.6 Å². The Kier molecular flexibility index (Phi) is 3.95. The van der Waals surface area contributed by atoms with Crippen LogP contribution in [0, 0.1) is 5.92 Å². The highest BCUT2D eigenvalue weighted by atomic mass is 35.5. The molecule has 17 heavy (non-hydrogen) atoms. The first-order chi connectivity index (χ1) is 8.15. The van der Waals surface area contributed by atoms with Gasteiger partial charge in [-0.1, -0.05) is 37.6 Å². The molecule has 1 heterocycles. The van der Waals surface area contributed by atoms with Crippen molar-refractivity contribution in [3.05, 3.63) is 28.8 Å². The average Bonchev–Trinajstić information content (AvgIpc) is 2.77. The third kappa shape index (κ3) is 2.43. The van der Waals surface area contributed by atoms with Gasteiger partial charge in [0.2, 0.25) is 0 Å². The van der Waals surface area contributed by atoms with E-state index in [2.05, 4.69) is 24.8 Å². The van der Waals surface area contributed by atoms with Gasteiger partial charge in [0, 0.05) is 19.1 Å². The van der Waals surface area contributed by atoms with Crippen LogP contribution in [0.15, 0.2) is 18.2 Å². The van der Waals surface area contributed by atoms with Crippen LogP contribution in [-0.2, 0) is 6.54 Å². The minimum atomic E-state index is 0.553. The minimum absolute atomic E-state index is 0.553. The second-order valence-corrected chi connectivity index (χ2v) is 5.51. The van der Waals surface area contributed by atoms with Crippen LogP contribution in [0.25, 0.3) is 0 Å². The van der Waals surface area contributed by atoms with Crippen molar-refractivity contribution in [2.75, 3.05) is 11.4 Å². The molecule has 1 aliphatic heterocycles. The topological polar surface area (TPSA) is 29.3 Å². The van der Waals surface area contributed by atoms with Gasteiger partial charge in [0.15, 0.2) is 0 Å². The summed E-state index contributed by atoms with van der Waals surface area (Å²) in [6.45, 7) is 6.21. The lowest BCUT2D eigenvalue weighted by atomic mass is 10.0. The largest absolute Gasteiger partial charge is 0.367 e. The maximum atomic E-state index is 6.36. The number of nitrogens with zero attached hydrogens (tertiary/aromatic N) is 1. The van der Waals surface area contributed by atoms with E-state index in [4.69, 9.17) is 17.3 Å². The number of nitrogens with two attached hydrogens (primary N) is 1. The van der Waals surface area contributed by atoms with Gasteiger partial charge in [0.25, 0.3) is 0 Å². The molecule has 1 fully saturated rings. The van der Waals surface area contributed by atoms with Crippen molar-refractivity contribution >= 4 is 17.3 Å². The smallest absolute Gasteiger partial charge is 0.0643 e. The quantitative estimate of drug-likeness (QED) is 0.893. The SMILES string of the molecule is CC(C)C1CCCN1c1c(Cl)cccc1CN. The van der Waals surface area contributed by atoms with Crippen molar-refractivity contribution in [3.8, 4) is 0 Å². The molecule has 0 bridgehead atoms. The summed E-state index contributed by atoms with van der Waals surface area (Å²) in [5.41, 5.74) is 8.14. The van der Waals surface area contributed by atoms with E-state index in [1.54, 1.807) is 0 Å². The van der Waals surface area contributed by atoms with Gasteiger partial charge in [0.05, 0.1) is 10.7 Å². The number of rotatable bonds is 3. The third-order valence-electron chi connectivity index (χ3n) is 3.65. The summed E-state index contributed by atoms with van der Waals surface area (Å²) in [5.74, 6) is 0.652. The van der Waals surface area contributed by atoms with Crippen molar-refractivity contribution < 1.29 is 0 Å². The Hall–Kier alpha value is -0.730. The number of para-hydroxylation sites is 1. The van der Waals surface area contributed by atoms with Gasteiger partial charge >= 0.3 is 0 Å². The van der Waals surface area contributed by atoms with E-state index < -0.39 is 0 Å². The summed E-state index contributed by atoms with van der Waals surface area (Å²) < 4.78 is 0. The van der Waals surface area contributed by atoms with Crippen molar-refractivity contribution in [1.29, 1.82) is 0 Å². The van der Waals surface area contributed by atoms with Crippen molar-refractivity contribution in [2.45, 2.75) is 39.3 Å². The summed E-state index contributed by atoms with van der Waals surface area (Å²) in [6, 6.07) is 6.62. The molecule has 94 valence electrons. The van der Waals surface area contributed by atoms with E-state index in [9.17, 15) is 0 Å². The summed E-state index contributed by atoms with van der Waals surface area (Å²) >= 11 is 6.36. The Balaban J connectivity index is 2.39. The minimum Gasteiger partial charge on any atom is -0.367 e. The number of anilines is 1. The predicted octanol–water partition coefficient (Wildman–Crippen LogP) is 3.42. The highest BCUT2D eigenvalue weighted by molar-refractivity contribution is 6.33. The second kappa shape index (κ2) is 5.28. The second-order valence-electron chi connectivity index (χ2n) is 5.10. The molecule has 0 saturated carbocycles. The average molecular weight is 253 g/mol. The van der Waals surface area contributed by atoms with E-state index >= 15 is 0 Å². The van der Waals surface area contributed by atoms with Gasteiger partial charge < -0.3 is 10.6 Å². The van der Waals surface area contributed by atoms with E-state index in [0.717, 1.165) is 22.8 Å². The summed E-state index contributed by atoms with van der Waals surface area (Å²) in [5, 5.41) is 0.834. The van der Waals surface area contributed by atoms with Gasteiger partial charge in [-0.3, -0.25) is 0 Å². The Morgan fingerprint density at radius 1 is 1.47 bits per heavy atom. The lowest BCUT2D eigenvalue weighted by Crippen LogP contribution is -2.34. The zero-order valence-electron chi connectivity index (χ0n) is 10.6. The number of halogens is 1. The summed E-state index contributed by atoms with van der Waals surface area (Å²) in [6.07, 6.45) is 2.50. The fourth-order valence-electron chi connectivity index (χ4n) is 2.81. The summed E-state index contributed by atoms with van der Waals surface area (Å²) in [4.78, 5) is 2.45. The fourth-order valence-corrected chi connectivity index (χ4v) is 3.11. The standard InChI is InChI=1S/C14H21ClN2/c1-10(2)13-7-4-8-17(13)14-11(9-16)5-3-6-12(14)15/h3,5-6,10,13H,4,7-9,16H2,1-2H3. The monoisotopic (exact) mass is 252 g/mol. The fraction of sp³-hybridized carbons (Fsp3) is 0.571. The highest BCUT2D eigenvalue weighted by Crippen LogP contribution is 2.36. The zero-order chi connectivity index (χ0) is 12.4. The molecular formula is C14H21ClN2. The maximum absolute atomic E-state index is 6.36. The van der Waals surface area contributed by atoms with Gasteiger partial charge in [0.1, 0.15) is 0 Å². The van der Waals surface area contributed by atoms with Crippen LogP contribution in [0.2, 0.25) is 5.02 Å². The van der Waals surface area contributed by atoms with E-state index in [-0.39, 0.29) is 0 Å². The Labute approximate surface area is 109 Å². The van der Waals surface area contributed by atoms with Crippen LogP contribution in [0.4, 0.5) is 5.69 Å². The number of hydrogen-bond acceptors (Lipinski definition) is 2. The van der Waals surface area contributed by atoms with Crippen LogP contribution in [0.5, 0.6) is 0 Å². The molecule has 1 atom stereocenters. The van der Waals surface area contributed by atoms with E-state index in [0.29, 0.717) is 18.5 Å². The van der Waals surface area contributed by atoms with Crippen molar-refractivity contribution in [1.82, 2.24) is 0 Å². The normalized spacial score (nSPS) is 20.3. The maximum Gasteiger partial charge on any atom is 0.0643 e. The van der Waals surface area contributed by atoms with Crippen LogP contribution < -0.4 is 10.6 Å². The van der Waals surface area contributed by atoms with Crippen molar-refractivity contribution in [3.63, 3.8) is 0 Å². The highest BCUT2D eigenvalue weighted by Gasteiger charge is 2.29. The molecule has 1 aromatic carbocycles. The Morgan fingerprint density at radius 3 is 2.88 bits per heavy atom. The lowest BCUT2D eigenvalue weighted by Gasteiger charge is -2.32. The molecule has 3 heteroatoms. The molecule has 2 nitrogen and oxygen atoms in total. The van der Waals surface area contributed by atoms with Crippen molar-refractivity contribution in [2.24, 2.45) is 11.7 Å². The predicted molar refractivity (Wildman–Crippen MR) is 74.5 cm³/mol. The first-order valence-electron chi connectivity index (χ1n) is 6.39. The molecule has 2 rings (SSSR count). The molecule has 2 N–H and O–H groups in total. The summed E-state index contributed by atoms with van der Waals surface area (Å²) in [7, 11) is 0. The molecule has 0 aromatic heterocycles. The molecule has 0 aliphatic carbocycles. The van der Waals surface area contributed by atoms with E-state index in [1.807, 2.05) is 12.1 Å². The molecule has 1 aliphatic rings. The van der Waals surface area contributed by atoms with Gasteiger partial charge in [-0.05, 0) is 30.4 Å². The first-order valence-corrected chi connectivity index (χ1v) is 6.77. The van der Waals surface area contributed by atoms with Gasteiger partial charge in [-0.2, -0.15) is 0 Å². The van der Waals surface area contributed by atoms with Crippen LogP contribution in [-0.4, -0.2) is 12.6 Å².